The Labute approximate surface area is 124 Å². The zero-order valence-corrected chi connectivity index (χ0v) is 12.9. The van der Waals surface area contributed by atoms with Gasteiger partial charge in [-0.1, -0.05) is 75.2 Å². The summed E-state index contributed by atoms with van der Waals surface area (Å²) in [7, 11) is 0. The van der Waals surface area contributed by atoms with Gasteiger partial charge in [0.1, 0.15) is 0 Å². The van der Waals surface area contributed by atoms with Crippen molar-refractivity contribution in [3.05, 3.63) is 0 Å². The van der Waals surface area contributed by atoms with Gasteiger partial charge in [-0.25, -0.2) is 0 Å². The molecule has 3 atom stereocenters. The van der Waals surface area contributed by atoms with Crippen molar-refractivity contribution in [3.8, 4) is 0 Å². The number of hydrogen-bond acceptors (Lipinski definition) is 3. The Morgan fingerprint density at radius 3 is 2.59 bits per heavy atom. The topological polar surface area (TPSA) is 41.8 Å². The molecule has 1 N–H and O–H groups in total. The second-order valence-electron chi connectivity index (χ2n) is 4.46. The van der Waals surface area contributed by atoms with Crippen LogP contribution in [0.2, 0.25) is 0 Å². The molecule has 0 radical (unpaired) electrons. The van der Waals surface area contributed by atoms with Crippen LogP contribution in [0.3, 0.4) is 0 Å². The predicted octanol–water partition coefficient (Wildman–Crippen LogP) is 3.78. The van der Waals surface area contributed by atoms with Crippen LogP contribution >= 0.6 is 50.7 Å². The molecule has 98 valence electrons. The third-order valence-corrected chi connectivity index (χ3v) is 5.04. The number of rotatable bonds is 0. The fourth-order valence-corrected chi connectivity index (χ4v) is 3.54. The van der Waals surface area contributed by atoms with Crippen LogP contribution in [-0.4, -0.2) is 25.2 Å². The summed E-state index contributed by atoms with van der Waals surface area (Å²) >= 11 is 21.0. The van der Waals surface area contributed by atoms with E-state index in [9.17, 15) is 5.11 Å². The molecule has 0 aromatic heterocycles. The fourth-order valence-electron chi connectivity index (χ4n) is 2.31. The van der Waals surface area contributed by atoms with E-state index in [2.05, 4.69) is 21.1 Å². The third-order valence-electron chi connectivity index (χ3n) is 3.30. The van der Waals surface area contributed by atoms with Crippen molar-refractivity contribution in [1.29, 1.82) is 0 Å². The first-order chi connectivity index (χ1) is 7.86. The van der Waals surface area contributed by atoms with E-state index in [4.69, 9.17) is 39.6 Å². The summed E-state index contributed by atoms with van der Waals surface area (Å²) in [5.74, 6) is -2.21. The highest BCUT2D eigenvalue weighted by molar-refractivity contribution is 9.10. The van der Waals surface area contributed by atoms with Gasteiger partial charge in [-0.15, -0.1) is 0 Å². The Kier molecular flexibility index (Phi) is 4.21. The molecule has 1 aliphatic heterocycles. The average Bonchev–Trinajstić information content (AvgIpc) is 2.52. The van der Waals surface area contributed by atoms with Gasteiger partial charge in [-0.3, -0.25) is 0 Å². The van der Waals surface area contributed by atoms with Gasteiger partial charge >= 0.3 is 0 Å². The quantitative estimate of drug-likeness (QED) is 0.664. The van der Waals surface area contributed by atoms with Crippen LogP contribution in [-0.2, 0) is 4.84 Å². The normalized spacial score (nSPS) is 38.8. The molecule has 0 amide bonds. The van der Waals surface area contributed by atoms with Gasteiger partial charge in [0.05, 0.1) is 16.5 Å². The van der Waals surface area contributed by atoms with Crippen LogP contribution in [0, 0.1) is 5.92 Å². The maximum atomic E-state index is 10.4. The highest BCUT2D eigenvalue weighted by Crippen LogP contribution is 2.49. The molecule has 3 nitrogen and oxygen atoms in total. The van der Waals surface area contributed by atoms with Crippen LogP contribution in [0.1, 0.15) is 32.1 Å². The van der Waals surface area contributed by atoms with Crippen LogP contribution in [0.15, 0.2) is 5.16 Å². The Hall–Kier alpha value is 0.780. The van der Waals surface area contributed by atoms with Crippen LogP contribution < -0.4 is 0 Å². The van der Waals surface area contributed by atoms with Gasteiger partial charge in [-0.05, 0) is 12.8 Å². The van der Waals surface area contributed by atoms with Gasteiger partial charge < -0.3 is 9.94 Å². The fraction of sp³-hybridized carbons (Fsp3) is 0.900. The Morgan fingerprint density at radius 2 is 1.94 bits per heavy atom. The third kappa shape index (κ3) is 2.57. The molecule has 0 spiro atoms. The van der Waals surface area contributed by atoms with E-state index >= 15 is 0 Å². The number of hydrogen-bond donors (Lipinski definition) is 1. The first-order valence-corrected chi connectivity index (χ1v) is 7.60. The highest BCUT2D eigenvalue weighted by atomic mass is 79.9. The van der Waals surface area contributed by atoms with Gasteiger partial charge in [0.25, 0.3) is 9.58 Å². The molecule has 0 aromatic carbocycles. The SMILES string of the molecule is O[C@]1(C(Cl)(Cl)Cl)ON=C2[C@H](Br)CCCCC[C@@H]21. The summed E-state index contributed by atoms with van der Waals surface area (Å²) in [4.78, 5) is 5.13. The molecule has 2 rings (SSSR count). The molecular formula is C10H13BrCl3NO2. The monoisotopic (exact) mass is 363 g/mol. The summed E-state index contributed by atoms with van der Waals surface area (Å²) < 4.78 is -1.91. The van der Waals surface area contributed by atoms with Crippen molar-refractivity contribution in [2.45, 2.75) is 46.5 Å². The highest BCUT2D eigenvalue weighted by Gasteiger charge is 2.61. The molecular weight excluding hydrogens is 352 g/mol. The average molecular weight is 365 g/mol. The van der Waals surface area contributed by atoms with Gasteiger partial charge in [0.15, 0.2) is 0 Å². The van der Waals surface area contributed by atoms with Crippen LogP contribution in [0.4, 0.5) is 0 Å². The second kappa shape index (κ2) is 5.04. The lowest BCUT2D eigenvalue weighted by atomic mass is 9.84. The summed E-state index contributed by atoms with van der Waals surface area (Å²) in [6, 6.07) is 0. The maximum absolute atomic E-state index is 10.4. The number of fused-ring (bicyclic) bond motifs is 1. The van der Waals surface area contributed by atoms with E-state index in [0.717, 1.165) is 31.4 Å². The lowest BCUT2D eigenvalue weighted by Crippen LogP contribution is -2.51. The molecule has 0 bridgehead atoms. The lowest BCUT2D eigenvalue weighted by Gasteiger charge is -2.34. The summed E-state index contributed by atoms with van der Waals surface area (Å²) in [5.41, 5.74) is 0.749. The first-order valence-electron chi connectivity index (χ1n) is 5.55. The minimum atomic E-state index is -1.91. The smallest absolute Gasteiger partial charge is 0.290 e. The molecule has 1 fully saturated rings. The second-order valence-corrected chi connectivity index (χ2v) is 7.85. The molecule has 0 unspecified atom stereocenters. The standard InChI is InChI=1S/C10H13BrCl3NO2/c11-7-5-3-1-2-4-6-8(7)15-17-9(6,16)10(12,13)14/h6-7,16H,1-5H2/t6-,7+,9-/m0/s1. The molecule has 0 saturated heterocycles. The molecule has 1 saturated carbocycles. The van der Waals surface area contributed by atoms with E-state index in [1.54, 1.807) is 0 Å². The molecule has 2 aliphatic rings. The molecule has 0 aromatic rings. The lowest BCUT2D eigenvalue weighted by molar-refractivity contribution is -0.205. The molecule has 7 heteroatoms. The van der Waals surface area contributed by atoms with Gasteiger partial charge in [-0.2, -0.15) is 0 Å². The van der Waals surface area contributed by atoms with E-state index in [-0.39, 0.29) is 10.7 Å². The number of nitrogens with zero attached hydrogens (tertiary/aromatic N) is 1. The minimum absolute atomic E-state index is 0.0779. The van der Waals surface area contributed by atoms with Gasteiger partial charge in [0, 0.05) is 0 Å². The van der Waals surface area contributed by atoms with Crippen molar-refractivity contribution in [2.24, 2.45) is 11.1 Å². The largest absolute Gasteiger partial charge is 0.355 e. The summed E-state index contributed by atoms with van der Waals surface area (Å²) in [6.07, 6.45) is 4.85. The Balaban J connectivity index is 2.27. The summed E-state index contributed by atoms with van der Waals surface area (Å²) in [6.45, 7) is 0. The van der Waals surface area contributed by atoms with Crippen LogP contribution in [0.25, 0.3) is 0 Å². The Morgan fingerprint density at radius 1 is 1.29 bits per heavy atom. The van der Waals surface area contributed by atoms with Crippen molar-refractivity contribution < 1.29 is 9.94 Å². The van der Waals surface area contributed by atoms with E-state index in [1.807, 2.05) is 0 Å². The van der Waals surface area contributed by atoms with Crippen molar-refractivity contribution >= 4 is 56.4 Å². The zero-order chi connectivity index (χ0) is 12.7. The number of aliphatic hydroxyl groups is 1. The van der Waals surface area contributed by atoms with E-state index in [1.165, 1.54) is 0 Å². The number of halogens is 4. The van der Waals surface area contributed by atoms with Crippen molar-refractivity contribution in [1.82, 2.24) is 0 Å². The van der Waals surface area contributed by atoms with E-state index < -0.39 is 9.58 Å². The Bertz CT molecular complexity index is 334. The van der Waals surface area contributed by atoms with Crippen LogP contribution in [0.5, 0.6) is 0 Å². The first kappa shape index (κ1) is 14.2. The zero-order valence-electron chi connectivity index (χ0n) is 9.00. The molecule has 1 heterocycles. The molecule has 1 aliphatic carbocycles. The van der Waals surface area contributed by atoms with Crippen molar-refractivity contribution in [2.75, 3.05) is 0 Å². The predicted molar refractivity (Wildman–Crippen MR) is 73.0 cm³/mol. The van der Waals surface area contributed by atoms with Gasteiger partial charge in [0.2, 0.25) is 0 Å². The van der Waals surface area contributed by atoms with E-state index in [0.29, 0.717) is 6.42 Å². The maximum Gasteiger partial charge on any atom is 0.290 e. The number of alkyl halides is 4. The van der Waals surface area contributed by atoms with Crippen molar-refractivity contribution in [3.63, 3.8) is 0 Å². The number of oxime groups is 1. The summed E-state index contributed by atoms with van der Waals surface area (Å²) in [5, 5.41) is 14.3. The molecule has 17 heavy (non-hydrogen) atoms. The minimum Gasteiger partial charge on any atom is -0.355 e.